The summed E-state index contributed by atoms with van der Waals surface area (Å²) >= 11 is 0. The molecule has 2 aromatic rings. The fourth-order valence-electron chi connectivity index (χ4n) is 2.41. The van der Waals surface area contributed by atoms with E-state index in [1.807, 2.05) is 26.0 Å². The highest BCUT2D eigenvalue weighted by atomic mass is 32.2. The van der Waals surface area contributed by atoms with Gasteiger partial charge in [-0.3, -0.25) is 9.10 Å². The second kappa shape index (κ2) is 8.67. The Kier molecular flexibility index (Phi) is 6.58. The zero-order valence-corrected chi connectivity index (χ0v) is 15.9. The van der Waals surface area contributed by atoms with Crippen LogP contribution in [0, 0.1) is 13.8 Å². The Labute approximate surface area is 155 Å². The summed E-state index contributed by atoms with van der Waals surface area (Å²) in [5.41, 5.74) is 2.55. The molecule has 26 heavy (non-hydrogen) atoms. The van der Waals surface area contributed by atoms with E-state index in [2.05, 4.69) is 11.9 Å². The van der Waals surface area contributed by atoms with Crippen molar-refractivity contribution in [3.8, 4) is 0 Å². The molecule has 2 rings (SSSR count). The van der Waals surface area contributed by atoms with Crippen LogP contribution in [0.4, 0.5) is 5.69 Å². The Hall–Kier alpha value is -2.60. The molecule has 0 aliphatic rings. The van der Waals surface area contributed by atoms with E-state index in [4.69, 9.17) is 0 Å². The zero-order chi connectivity index (χ0) is 19.2. The molecule has 1 amide bonds. The van der Waals surface area contributed by atoms with Crippen molar-refractivity contribution in [3.05, 3.63) is 72.3 Å². The van der Waals surface area contributed by atoms with Crippen molar-refractivity contribution in [2.24, 2.45) is 0 Å². The third-order valence-corrected chi connectivity index (χ3v) is 5.76. The van der Waals surface area contributed by atoms with Crippen LogP contribution in [0.1, 0.15) is 17.5 Å². The first-order valence-electron chi connectivity index (χ1n) is 8.38. The van der Waals surface area contributed by atoms with Crippen LogP contribution >= 0.6 is 0 Å². The number of amides is 1. The number of carbonyl (C=O) groups is 1. The molecule has 0 aliphatic carbocycles. The normalized spacial score (nSPS) is 11.0. The van der Waals surface area contributed by atoms with Crippen LogP contribution in [0.25, 0.3) is 0 Å². The molecule has 0 atom stereocenters. The van der Waals surface area contributed by atoms with Gasteiger partial charge in [0, 0.05) is 19.5 Å². The molecule has 0 bridgehead atoms. The third kappa shape index (κ3) is 4.95. The Morgan fingerprint density at radius 1 is 1.04 bits per heavy atom. The van der Waals surface area contributed by atoms with E-state index < -0.39 is 10.0 Å². The van der Waals surface area contributed by atoms with Gasteiger partial charge in [0.1, 0.15) is 0 Å². The molecule has 5 nitrogen and oxygen atoms in total. The molecule has 2 aromatic carbocycles. The van der Waals surface area contributed by atoms with Gasteiger partial charge in [-0.1, -0.05) is 41.5 Å². The maximum absolute atomic E-state index is 13.1. The quantitative estimate of drug-likeness (QED) is 0.724. The van der Waals surface area contributed by atoms with Gasteiger partial charge in [-0.05, 0) is 38.1 Å². The van der Waals surface area contributed by atoms with Crippen LogP contribution in [-0.2, 0) is 14.8 Å². The summed E-state index contributed by atoms with van der Waals surface area (Å²) < 4.78 is 27.5. The van der Waals surface area contributed by atoms with Gasteiger partial charge in [0.15, 0.2) is 0 Å². The molecule has 0 spiro atoms. The number of hydrogen-bond donors (Lipinski definition) is 1. The van der Waals surface area contributed by atoms with Gasteiger partial charge in [0.05, 0.1) is 10.6 Å². The minimum absolute atomic E-state index is 0.0578. The Morgan fingerprint density at radius 3 is 2.12 bits per heavy atom. The summed E-state index contributed by atoms with van der Waals surface area (Å²) in [4.78, 5) is 12.1. The molecule has 0 heterocycles. The molecule has 0 saturated carbocycles. The number of hydrogen-bond acceptors (Lipinski definition) is 3. The molecular formula is C20H24N2O3S. The molecule has 0 radical (unpaired) electrons. The number of nitrogens with one attached hydrogen (secondary N) is 1. The van der Waals surface area contributed by atoms with E-state index in [1.165, 1.54) is 4.31 Å². The lowest BCUT2D eigenvalue weighted by atomic mass is 10.2. The summed E-state index contributed by atoms with van der Waals surface area (Å²) in [5.74, 6) is -0.221. The molecular weight excluding hydrogens is 348 g/mol. The molecule has 0 saturated heterocycles. The highest BCUT2D eigenvalue weighted by Crippen LogP contribution is 2.24. The van der Waals surface area contributed by atoms with Crippen molar-refractivity contribution < 1.29 is 13.2 Å². The Bertz CT molecular complexity index is 857. The van der Waals surface area contributed by atoms with Crippen molar-refractivity contribution in [2.75, 3.05) is 17.4 Å². The molecule has 0 unspecified atom stereocenters. The summed E-state index contributed by atoms with van der Waals surface area (Å²) in [6.07, 6.45) is 1.64. The Morgan fingerprint density at radius 2 is 1.58 bits per heavy atom. The summed E-state index contributed by atoms with van der Waals surface area (Å²) in [5, 5.41) is 2.67. The largest absolute Gasteiger partial charge is 0.353 e. The predicted molar refractivity (Wildman–Crippen MR) is 105 cm³/mol. The minimum atomic E-state index is -3.77. The first kappa shape index (κ1) is 19.7. The van der Waals surface area contributed by atoms with Crippen LogP contribution in [0.5, 0.6) is 0 Å². The van der Waals surface area contributed by atoms with Crippen molar-refractivity contribution >= 4 is 21.6 Å². The number of nitrogens with zero attached hydrogens (tertiary/aromatic N) is 1. The Balaban J connectivity index is 2.33. The number of rotatable bonds is 8. The topological polar surface area (TPSA) is 66.5 Å². The first-order chi connectivity index (χ1) is 12.3. The smallest absolute Gasteiger partial charge is 0.264 e. The van der Waals surface area contributed by atoms with Crippen LogP contribution in [0.3, 0.4) is 0 Å². The van der Waals surface area contributed by atoms with E-state index in [0.29, 0.717) is 12.2 Å². The first-order valence-corrected chi connectivity index (χ1v) is 9.82. The van der Waals surface area contributed by atoms with Crippen LogP contribution in [-0.4, -0.2) is 27.4 Å². The van der Waals surface area contributed by atoms with Crippen molar-refractivity contribution in [1.29, 1.82) is 0 Å². The van der Waals surface area contributed by atoms with Gasteiger partial charge in [-0.25, -0.2) is 8.42 Å². The molecule has 6 heteroatoms. The highest BCUT2D eigenvalue weighted by Gasteiger charge is 2.25. The van der Waals surface area contributed by atoms with E-state index in [1.54, 1.807) is 42.5 Å². The minimum Gasteiger partial charge on any atom is -0.353 e. The standard InChI is InChI=1S/C20H24N2O3S/c1-4-14-21-20(23)13-15-22(18-9-5-16(2)6-10-18)26(24,25)19-11-7-17(3)8-12-19/h4-12H,1,13-15H2,2-3H3,(H,21,23). The maximum Gasteiger partial charge on any atom is 0.264 e. The number of sulfonamides is 1. The van der Waals surface area contributed by atoms with Gasteiger partial charge in [-0.15, -0.1) is 6.58 Å². The van der Waals surface area contributed by atoms with Gasteiger partial charge in [-0.2, -0.15) is 0 Å². The lowest BCUT2D eigenvalue weighted by molar-refractivity contribution is -0.120. The van der Waals surface area contributed by atoms with Crippen LogP contribution < -0.4 is 9.62 Å². The lowest BCUT2D eigenvalue weighted by Crippen LogP contribution is -2.35. The summed E-state index contributed by atoms with van der Waals surface area (Å²) in [7, 11) is -3.77. The molecule has 0 fully saturated rings. The lowest BCUT2D eigenvalue weighted by Gasteiger charge is -2.24. The van der Waals surface area contributed by atoms with E-state index >= 15 is 0 Å². The van der Waals surface area contributed by atoms with Gasteiger partial charge in [0.25, 0.3) is 10.0 Å². The van der Waals surface area contributed by atoms with Crippen molar-refractivity contribution in [1.82, 2.24) is 5.32 Å². The van der Waals surface area contributed by atoms with Crippen molar-refractivity contribution in [3.63, 3.8) is 0 Å². The number of carbonyl (C=O) groups excluding carboxylic acids is 1. The number of aryl methyl sites for hydroxylation is 2. The molecule has 138 valence electrons. The highest BCUT2D eigenvalue weighted by molar-refractivity contribution is 7.92. The second-order valence-corrected chi connectivity index (χ2v) is 7.93. The summed E-state index contributed by atoms with van der Waals surface area (Å²) in [6, 6.07) is 13.9. The molecule has 0 aromatic heterocycles. The average Bonchev–Trinajstić information content (AvgIpc) is 2.61. The predicted octanol–water partition coefficient (Wildman–Crippen LogP) is 3.19. The average molecular weight is 372 g/mol. The zero-order valence-electron chi connectivity index (χ0n) is 15.1. The third-order valence-electron chi connectivity index (χ3n) is 3.92. The van der Waals surface area contributed by atoms with Gasteiger partial charge < -0.3 is 5.32 Å². The van der Waals surface area contributed by atoms with Crippen LogP contribution in [0.15, 0.2) is 66.1 Å². The van der Waals surface area contributed by atoms with Crippen molar-refractivity contribution in [2.45, 2.75) is 25.2 Å². The van der Waals surface area contributed by atoms with Crippen LogP contribution in [0.2, 0.25) is 0 Å². The summed E-state index contributed by atoms with van der Waals surface area (Å²) in [6.45, 7) is 7.80. The van der Waals surface area contributed by atoms with E-state index in [0.717, 1.165) is 11.1 Å². The number of benzene rings is 2. The van der Waals surface area contributed by atoms with Gasteiger partial charge >= 0.3 is 0 Å². The maximum atomic E-state index is 13.1. The second-order valence-electron chi connectivity index (χ2n) is 6.07. The van der Waals surface area contributed by atoms with E-state index in [9.17, 15) is 13.2 Å². The van der Waals surface area contributed by atoms with Gasteiger partial charge in [0.2, 0.25) is 5.91 Å². The SMILES string of the molecule is C=CCNC(=O)CCN(c1ccc(C)cc1)S(=O)(=O)c1ccc(C)cc1. The molecule has 1 N–H and O–H groups in total. The molecule has 0 aliphatic heterocycles. The van der Waals surface area contributed by atoms with E-state index in [-0.39, 0.29) is 23.8 Å². The number of anilines is 1. The fraction of sp³-hybridized carbons (Fsp3) is 0.250. The monoisotopic (exact) mass is 372 g/mol. The fourth-order valence-corrected chi connectivity index (χ4v) is 3.88.